The minimum Gasteiger partial charge on any atom is -0.200 e. The molecule has 0 spiro atoms. The van der Waals surface area contributed by atoms with Gasteiger partial charge >= 0.3 is 0 Å². The summed E-state index contributed by atoms with van der Waals surface area (Å²) in [5.41, 5.74) is 5.35. The first-order valence-corrected chi connectivity index (χ1v) is 13.0. The molecule has 166 valence electrons. The smallest absolute Gasteiger partial charge is 0.200 e. The van der Waals surface area contributed by atoms with E-state index in [0.29, 0.717) is 9.28 Å². The van der Waals surface area contributed by atoms with Crippen LogP contribution in [0.15, 0.2) is 107 Å². The number of rotatable bonds is 7. The van der Waals surface area contributed by atoms with Crippen LogP contribution in [0.2, 0.25) is 0 Å². The van der Waals surface area contributed by atoms with Crippen LogP contribution in [0.5, 0.6) is 0 Å². The lowest BCUT2D eigenvalue weighted by molar-refractivity contribution is 0.537. The Kier molecular flexibility index (Phi) is 7.04. The van der Waals surface area contributed by atoms with Crippen molar-refractivity contribution in [1.29, 1.82) is 0 Å². The van der Waals surface area contributed by atoms with Crippen LogP contribution in [0.25, 0.3) is 5.57 Å². The minimum absolute atomic E-state index is 0.0167. The molecule has 3 aromatic rings. The molecule has 0 saturated heterocycles. The molecule has 5 nitrogen and oxygen atoms in total. The fraction of sp³-hybridized carbons (Fsp3) is 0.160. The van der Waals surface area contributed by atoms with Gasteiger partial charge in [-0.15, -0.1) is 0 Å². The van der Waals surface area contributed by atoms with Crippen molar-refractivity contribution in [2.45, 2.75) is 30.6 Å². The fourth-order valence-corrected chi connectivity index (χ4v) is 6.43. The monoisotopic (exact) mass is 467 g/mol. The minimum atomic E-state index is -4.41. The van der Waals surface area contributed by atoms with E-state index in [-0.39, 0.29) is 15.7 Å². The van der Waals surface area contributed by atoms with Crippen LogP contribution in [-0.4, -0.2) is 20.5 Å². The van der Waals surface area contributed by atoms with Gasteiger partial charge in [0.1, 0.15) is 0 Å². The van der Waals surface area contributed by atoms with Gasteiger partial charge in [-0.1, -0.05) is 85.8 Å². The highest BCUT2D eigenvalue weighted by Crippen LogP contribution is 2.27. The second kappa shape index (κ2) is 9.57. The topological polar surface area (TPSA) is 71.5 Å². The van der Waals surface area contributed by atoms with Crippen LogP contribution in [-0.2, 0) is 20.0 Å². The van der Waals surface area contributed by atoms with E-state index in [0.717, 1.165) is 17.3 Å². The maximum absolute atomic E-state index is 13.4. The standard InChI is InChI=1S/C25H25NO4S2/c1-20(2)25(22-10-6-4-7-11-22)18-19-26(31(27,28)23-12-8-5-9-13-23)32(29,30)24-16-14-21(3)15-17-24/h4-17,19-20H,1-3H3. The van der Waals surface area contributed by atoms with Gasteiger partial charge in [0, 0.05) is 5.57 Å². The molecule has 32 heavy (non-hydrogen) atoms. The molecule has 0 saturated carbocycles. The van der Waals surface area contributed by atoms with Crippen LogP contribution < -0.4 is 0 Å². The Bertz CT molecular complexity index is 1340. The van der Waals surface area contributed by atoms with E-state index >= 15 is 0 Å². The summed E-state index contributed by atoms with van der Waals surface area (Å²) in [4.78, 5) is -0.244. The van der Waals surface area contributed by atoms with Crippen LogP contribution in [0.3, 0.4) is 0 Å². The van der Waals surface area contributed by atoms with E-state index in [2.05, 4.69) is 5.73 Å². The van der Waals surface area contributed by atoms with E-state index in [1.807, 2.05) is 51.1 Å². The fourth-order valence-electron chi connectivity index (χ4n) is 3.10. The van der Waals surface area contributed by atoms with Gasteiger partial charge in [0.25, 0.3) is 20.0 Å². The lowest BCUT2D eigenvalue weighted by Crippen LogP contribution is -2.32. The van der Waals surface area contributed by atoms with Gasteiger partial charge in [-0.2, -0.15) is 3.71 Å². The molecule has 0 unspecified atom stereocenters. The molecule has 0 bridgehead atoms. The Morgan fingerprint density at radius 2 is 1.22 bits per heavy atom. The number of hydrogen-bond acceptors (Lipinski definition) is 4. The molecule has 0 aliphatic carbocycles. The van der Waals surface area contributed by atoms with Crippen molar-refractivity contribution in [2.24, 2.45) is 5.92 Å². The molecule has 0 atom stereocenters. The quantitative estimate of drug-likeness (QED) is 0.446. The van der Waals surface area contributed by atoms with Crippen molar-refractivity contribution in [1.82, 2.24) is 3.71 Å². The largest absolute Gasteiger partial charge is 0.277 e. The van der Waals surface area contributed by atoms with Crippen molar-refractivity contribution >= 4 is 25.6 Å². The summed E-state index contributed by atoms with van der Waals surface area (Å²) in [6.45, 7) is 5.70. The van der Waals surface area contributed by atoms with Crippen molar-refractivity contribution in [3.63, 3.8) is 0 Å². The first-order chi connectivity index (χ1) is 15.1. The zero-order valence-corrected chi connectivity index (χ0v) is 19.8. The third-order valence-corrected chi connectivity index (χ3v) is 8.89. The van der Waals surface area contributed by atoms with Gasteiger partial charge in [0.05, 0.1) is 16.0 Å². The summed E-state index contributed by atoms with van der Waals surface area (Å²) in [5.74, 6) is -0.0167. The summed E-state index contributed by atoms with van der Waals surface area (Å²) >= 11 is 0. The molecule has 3 rings (SSSR count). The third kappa shape index (κ3) is 5.02. The molecule has 0 aliphatic heterocycles. The number of sulfonamides is 2. The van der Waals surface area contributed by atoms with Gasteiger partial charge in [-0.3, -0.25) is 0 Å². The van der Waals surface area contributed by atoms with Crippen molar-refractivity contribution < 1.29 is 16.8 Å². The molecule has 7 heteroatoms. The predicted octanol–water partition coefficient (Wildman–Crippen LogP) is 5.23. The number of aryl methyl sites for hydroxylation is 1. The Labute approximate surface area is 190 Å². The summed E-state index contributed by atoms with van der Waals surface area (Å²) in [5, 5.41) is 0. The van der Waals surface area contributed by atoms with Gasteiger partial charge in [0.15, 0.2) is 0 Å². The second-order valence-electron chi connectivity index (χ2n) is 7.57. The molecule has 3 aromatic carbocycles. The zero-order chi connectivity index (χ0) is 23.4. The first-order valence-electron chi connectivity index (χ1n) is 10.1. The van der Waals surface area contributed by atoms with Crippen molar-refractivity contribution in [2.75, 3.05) is 0 Å². The van der Waals surface area contributed by atoms with Gasteiger partial charge in [-0.05, 0) is 42.7 Å². The van der Waals surface area contributed by atoms with E-state index in [1.165, 1.54) is 24.3 Å². The third-order valence-electron chi connectivity index (χ3n) is 4.82. The number of hydrogen-bond donors (Lipinski definition) is 0. The molecule has 0 N–H and O–H groups in total. The zero-order valence-electron chi connectivity index (χ0n) is 18.1. The Morgan fingerprint density at radius 1 is 0.750 bits per heavy atom. The van der Waals surface area contributed by atoms with E-state index < -0.39 is 20.0 Å². The molecule has 0 radical (unpaired) electrons. The Morgan fingerprint density at radius 3 is 1.72 bits per heavy atom. The number of nitrogens with zero attached hydrogens (tertiary/aromatic N) is 1. The van der Waals surface area contributed by atoms with E-state index in [9.17, 15) is 16.8 Å². The highest BCUT2D eigenvalue weighted by Gasteiger charge is 2.34. The van der Waals surface area contributed by atoms with Crippen molar-refractivity contribution in [3.8, 4) is 0 Å². The molecule has 0 aliphatic rings. The Hall–Kier alpha value is -3.12. The number of benzene rings is 3. The predicted molar refractivity (Wildman–Crippen MR) is 127 cm³/mol. The average Bonchev–Trinajstić information content (AvgIpc) is 2.77. The summed E-state index contributed by atoms with van der Waals surface area (Å²) in [7, 11) is -8.82. The molecule has 0 heterocycles. The first kappa shape index (κ1) is 23.5. The van der Waals surface area contributed by atoms with Crippen LogP contribution in [0.1, 0.15) is 25.0 Å². The van der Waals surface area contributed by atoms with Crippen LogP contribution in [0, 0.1) is 12.8 Å². The molecular formula is C25H25NO4S2. The summed E-state index contributed by atoms with van der Waals surface area (Å²) in [6, 6.07) is 22.9. The van der Waals surface area contributed by atoms with E-state index in [1.54, 1.807) is 30.3 Å². The molecule has 0 aromatic heterocycles. The van der Waals surface area contributed by atoms with E-state index in [4.69, 9.17) is 0 Å². The van der Waals surface area contributed by atoms with Crippen molar-refractivity contribution in [3.05, 3.63) is 108 Å². The lowest BCUT2D eigenvalue weighted by Gasteiger charge is -2.20. The van der Waals surface area contributed by atoms with Crippen LogP contribution >= 0.6 is 0 Å². The highest BCUT2D eigenvalue weighted by molar-refractivity contribution is 8.04. The maximum Gasteiger partial charge on any atom is 0.277 e. The van der Waals surface area contributed by atoms with Gasteiger partial charge in [-0.25, -0.2) is 16.8 Å². The van der Waals surface area contributed by atoms with Gasteiger partial charge in [0.2, 0.25) is 0 Å². The molecule has 0 fully saturated rings. The maximum atomic E-state index is 13.4. The highest BCUT2D eigenvalue weighted by atomic mass is 32.3. The lowest BCUT2D eigenvalue weighted by atomic mass is 9.96. The molecular weight excluding hydrogens is 442 g/mol. The second-order valence-corrected chi connectivity index (χ2v) is 11.4. The SMILES string of the molecule is Cc1ccc(S(=O)(=O)N(C=C=C(c2ccccc2)C(C)C)S(=O)(=O)c2ccccc2)cc1. The molecule has 0 amide bonds. The average molecular weight is 468 g/mol. The van der Waals surface area contributed by atoms with Gasteiger partial charge < -0.3 is 0 Å². The summed E-state index contributed by atoms with van der Waals surface area (Å²) in [6.07, 6.45) is 1.01. The Balaban J connectivity index is 2.26. The number of allylic oxidation sites excluding steroid dienone is 1. The van der Waals surface area contributed by atoms with Crippen LogP contribution in [0.4, 0.5) is 0 Å². The normalized spacial score (nSPS) is 11.6. The summed E-state index contributed by atoms with van der Waals surface area (Å²) < 4.78 is 54.1.